The Morgan fingerprint density at radius 1 is 1.24 bits per heavy atom. The molecule has 1 aromatic rings. The number of carbonyl (C=O) groups excluding carboxylic acids is 2. The predicted octanol–water partition coefficient (Wildman–Crippen LogP) is 4.02. The molecular weight excluding hydrogens is 264 g/mol. The number of hydrogen-bond donors (Lipinski definition) is 0. The molecule has 0 amide bonds. The molecule has 0 radical (unpaired) electrons. The Balaban J connectivity index is 2.01. The van der Waals surface area contributed by atoms with Crippen molar-refractivity contribution in [1.29, 1.82) is 0 Å². The number of carbonyl (C=O) groups is 2. The molecule has 0 saturated heterocycles. The maximum atomic E-state index is 12.1. The van der Waals surface area contributed by atoms with E-state index in [-0.39, 0.29) is 11.9 Å². The van der Waals surface area contributed by atoms with Gasteiger partial charge in [0.05, 0.1) is 5.92 Å². The second kappa shape index (κ2) is 6.25. The van der Waals surface area contributed by atoms with E-state index in [1.54, 1.807) is 0 Å². The van der Waals surface area contributed by atoms with Crippen LogP contribution in [0.4, 0.5) is 0 Å². The summed E-state index contributed by atoms with van der Waals surface area (Å²) in [6.07, 6.45) is 5.37. The number of hydrogen-bond acceptors (Lipinski definition) is 3. The van der Waals surface area contributed by atoms with E-state index in [1.165, 1.54) is 5.57 Å². The third-order valence-electron chi connectivity index (χ3n) is 3.57. The van der Waals surface area contributed by atoms with Crippen molar-refractivity contribution in [3.63, 3.8) is 0 Å². The molecule has 112 valence electrons. The van der Waals surface area contributed by atoms with Crippen LogP contribution in [0.1, 0.15) is 56.0 Å². The molecule has 1 aliphatic rings. The molecular formula is C18H22O3. The second-order valence-electron chi connectivity index (χ2n) is 6.47. The van der Waals surface area contributed by atoms with Crippen LogP contribution >= 0.6 is 0 Å². The summed E-state index contributed by atoms with van der Waals surface area (Å²) >= 11 is 0. The number of aldehydes is 1. The SMILES string of the molecule is CC(C)(C)OC(=O)[C@@H]1CC=C(c2ccc(C=O)cc2)CC1. The highest BCUT2D eigenvalue weighted by atomic mass is 16.6. The molecule has 0 N–H and O–H groups in total. The first-order valence-corrected chi connectivity index (χ1v) is 7.36. The van der Waals surface area contributed by atoms with E-state index in [1.807, 2.05) is 45.0 Å². The Bertz CT molecular complexity index is 547. The molecule has 1 aliphatic carbocycles. The van der Waals surface area contributed by atoms with Crippen molar-refractivity contribution in [1.82, 2.24) is 0 Å². The minimum absolute atomic E-state index is 0.0396. The van der Waals surface area contributed by atoms with E-state index >= 15 is 0 Å². The van der Waals surface area contributed by atoms with Crippen LogP contribution in [0.5, 0.6) is 0 Å². The van der Waals surface area contributed by atoms with E-state index in [9.17, 15) is 9.59 Å². The highest BCUT2D eigenvalue weighted by molar-refractivity contribution is 5.78. The van der Waals surface area contributed by atoms with Crippen LogP contribution < -0.4 is 0 Å². The molecule has 2 rings (SSSR count). The fourth-order valence-corrected chi connectivity index (χ4v) is 2.47. The Hall–Kier alpha value is -1.90. The van der Waals surface area contributed by atoms with Crippen molar-refractivity contribution >= 4 is 17.8 Å². The van der Waals surface area contributed by atoms with Crippen molar-refractivity contribution < 1.29 is 14.3 Å². The van der Waals surface area contributed by atoms with E-state index in [0.29, 0.717) is 5.56 Å². The quantitative estimate of drug-likeness (QED) is 0.622. The fraction of sp³-hybridized carbons (Fsp3) is 0.444. The fourth-order valence-electron chi connectivity index (χ4n) is 2.47. The van der Waals surface area contributed by atoms with Gasteiger partial charge < -0.3 is 4.74 Å². The van der Waals surface area contributed by atoms with Crippen molar-refractivity contribution in [2.24, 2.45) is 5.92 Å². The first-order chi connectivity index (χ1) is 9.89. The molecule has 0 saturated carbocycles. The first-order valence-electron chi connectivity index (χ1n) is 7.36. The van der Waals surface area contributed by atoms with Gasteiger partial charge in [0, 0.05) is 5.56 Å². The summed E-state index contributed by atoms with van der Waals surface area (Å²) in [5.41, 5.74) is 2.63. The average molecular weight is 286 g/mol. The number of benzene rings is 1. The lowest BCUT2D eigenvalue weighted by atomic mass is 9.86. The van der Waals surface area contributed by atoms with Crippen LogP contribution in [0.2, 0.25) is 0 Å². The molecule has 3 nitrogen and oxygen atoms in total. The number of rotatable bonds is 3. The second-order valence-corrected chi connectivity index (χ2v) is 6.47. The lowest BCUT2D eigenvalue weighted by molar-refractivity contribution is -0.160. The molecule has 0 bridgehead atoms. The lowest BCUT2D eigenvalue weighted by Crippen LogP contribution is -2.29. The molecule has 0 unspecified atom stereocenters. The lowest BCUT2D eigenvalue weighted by Gasteiger charge is -2.26. The van der Waals surface area contributed by atoms with Gasteiger partial charge in [-0.05, 0) is 51.2 Å². The van der Waals surface area contributed by atoms with Gasteiger partial charge >= 0.3 is 5.97 Å². The third-order valence-corrected chi connectivity index (χ3v) is 3.57. The average Bonchev–Trinajstić information content (AvgIpc) is 2.46. The van der Waals surface area contributed by atoms with Gasteiger partial charge in [-0.2, -0.15) is 0 Å². The van der Waals surface area contributed by atoms with Crippen LogP contribution in [0.3, 0.4) is 0 Å². The molecule has 0 heterocycles. The van der Waals surface area contributed by atoms with Crippen molar-refractivity contribution in [2.45, 2.75) is 45.6 Å². The molecule has 0 aliphatic heterocycles. The monoisotopic (exact) mass is 286 g/mol. The zero-order chi connectivity index (χ0) is 15.5. The Labute approximate surface area is 126 Å². The van der Waals surface area contributed by atoms with E-state index in [2.05, 4.69) is 6.08 Å². The summed E-state index contributed by atoms with van der Waals surface area (Å²) in [5.74, 6) is -0.142. The van der Waals surface area contributed by atoms with Crippen LogP contribution in [0.15, 0.2) is 30.3 Å². The summed E-state index contributed by atoms with van der Waals surface area (Å²) in [6, 6.07) is 7.57. The Kier molecular flexibility index (Phi) is 4.61. The summed E-state index contributed by atoms with van der Waals surface area (Å²) in [4.78, 5) is 22.7. The van der Waals surface area contributed by atoms with Crippen molar-refractivity contribution in [3.8, 4) is 0 Å². The van der Waals surface area contributed by atoms with Gasteiger partial charge in [-0.1, -0.05) is 30.3 Å². The van der Waals surface area contributed by atoms with Crippen LogP contribution in [-0.2, 0) is 9.53 Å². The Morgan fingerprint density at radius 3 is 2.38 bits per heavy atom. The number of esters is 1. The summed E-state index contributed by atoms with van der Waals surface area (Å²) in [6.45, 7) is 5.68. The number of allylic oxidation sites excluding steroid dienone is 2. The van der Waals surface area contributed by atoms with Gasteiger partial charge in [0.25, 0.3) is 0 Å². The van der Waals surface area contributed by atoms with Gasteiger partial charge in [-0.25, -0.2) is 0 Å². The predicted molar refractivity (Wildman–Crippen MR) is 83.0 cm³/mol. The van der Waals surface area contributed by atoms with Gasteiger partial charge in [0.2, 0.25) is 0 Å². The van der Waals surface area contributed by atoms with Gasteiger partial charge in [-0.3, -0.25) is 9.59 Å². The molecule has 3 heteroatoms. The number of ether oxygens (including phenoxy) is 1. The Morgan fingerprint density at radius 2 is 1.90 bits per heavy atom. The summed E-state index contributed by atoms with van der Waals surface area (Å²) in [5, 5.41) is 0. The van der Waals surface area contributed by atoms with Crippen LogP contribution in [0, 0.1) is 5.92 Å². The maximum Gasteiger partial charge on any atom is 0.309 e. The topological polar surface area (TPSA) is 43.4 Å². The zero-order valence-electron chi connectivity index (χ0n) is 12.9. The standard InChI is InChI=1S/C18H22O3/c1-18(2,3)21-17(20)16-10-8-15(9-11-16)14-6-4-13(12-19)5-7-14/h4-8,12,16H,9-11H2,1-3H3/t16-/m1/s1. The van der Waals surface area contributed by atoms with Gasteiger partial charge in [0.15, 0.2) is 0 Å². The zero-order valence-corrected chi connectivity index (χ0v) is 12.9. The summed E-state index contributed by atoms with van der Waals surface area (Å²) < 4.78 is 5.44. The molecule has 21 heavy (non-hydrogen) atoms. The maximum absolute atomic E-state index is 12.1. The molecule has 0 fully saturated rings. The smallest absolute Gasteiger partial charge is 0.309 e. The van der Waals surface area contributed by atoms with Crippen LogP contribution in [-0.4, -0.2) is 17.9 Å². The highest BCUT2D eigenvalue weighted by Crippen LogP contribution is 2.31. The molecule has 1 atom stereocenters. The third kappa shape index (κ3) is 4.28. The van der Waals surface area contributed by atoms with Crippen LogP contribution in [0.25, 0.3) is 5.57 Å². The molecule has 1 aromatic carbocycles. The minimum Gasteiger partial charge on any atom is -0.460 e. The van der Waals surface area contributed by atoms with E-state index in [4.69, 9.17) is 4.74 Å². The van der Waals surface area contributed by atoms with E-state index in [0.717, 1.165) is 31.1 Å². The minimum atomic E-state index is -0.425. The van der Waals surface area contributed by atoms with E-state index < -0.39 is 5.60 Å². The van der Waals surface area contributed by atoms with Gasteiger partial charge in [0.1, 0.15) is 11.9 Å². The van der Waals surface area contributed by atoms with Crippen molar-refractivity contribution in [2.75, 3.05) is 0 Å². The first kappa shape index (κ1) is 15.5. The molecule has 0 aromatic heterocycles. The van der Waals surface area contributed by atoms with Crippen molar-refractivity contribution in [3.05, 3.63) is 41.5 Å². The molecule has 0 spiro atoms. The normalized spacial score (nSPS) is 18.8. The van der Waals surface area contributed by atoms with Gasteiger partial charge in [-0.15, -0.1) is 0 Å². The summed E-state index contributed by atoms with van der Waals surface area (Å²) in [7, 11) is 0. The highest BCUT2D eigenvalue weighted by Gasteiger charge is 2.26. The largest absolute Gasteiger partial charge is 0.460 e.